The summed E-state index contributed by atoms with van der Waals surface area (Å²) in [5.41, 5.74) is 1.17. The zero-order chi connectivity index (χ0) is 22.2. The smallest absolute Gasteiger partial charge is 0.263 e. The first kappa shape index (κ1) is 21.8. The highest BCUT2D eigenvalue weighted by Gasteiger charge is 2.27. The third-order valence-corrected chi connectivity index (χ3v) is 8.63. The molecule has 3 aromatic heterocycles. The first-order chi connectivity index (χ1) is 15.5. The van der Waals surface area contributed by atoms with Gasteiger partial charge in [-0.2, -0.15) is 0 Å². The fourth-order valence-electron chi connectivity index (χ4n) is 5.11. The van der Waals surface area contributed by atoms with Crippen LogP contribution in [0.3, 0.4) is 0 Å². The van der Waals surface area contributed by atoms with Crippen LogP contribution in [-0.4, -0.2) is 39.2 Å². The Labute approximate surface area is 196 Å². The van der Waals surface area contributed by atoms with E-state index < -0.39 is 0 Å². The zero-order valence-electron chi connectivity index (χ0n) is 18.6. The van der Waals surface area contributed by atoms with Crippen LogP contribution in [0.1, 0.15) is 49.3 Å². The molecule has 0 saturated carbocycles. The Bertz CT molecular complexity index is 1170. The lowest BCUT2D eigenvalue weighted by Crippen LogP contribution is -2.43. The van der Waals surface area contributed by atoms with Crippen molar-refractivity contribution in [3.05, 3.63) is 45.0 Å². The van der Waals surface area contributed by atoms with Gasteiger partial charge in [0.2, 0.25) is 5.91 Å². The summed E-state index contributed by atoms with van der Waals surface area (Å²) in [6.07, 6.45) is 7.05. The Kier molecular flexibility index (Phi) is 6.16. The van der Waals surface area contributed by atoms with Crippen LogP contribution in [0.25, 0.3) is 10.2 Å². The number of furan rings is 1. The van der Waals surface area contributed by atoms with Crippen molar-refractivity contribution in [3.63, 3.8) is 0 Å². The number of nitrogens with zero attached hydrogens (tertiary/aromatic N) is 3. The van der Waals surface area contributed by atoms with E-state index >= 15 is 0 Å². The molecule has 170 valence electrons. The van der Waals surface area contributed by atoms with Gasteiger partial charge in [-0.15, -0.1) is 11.3 Å². The van der Waals surface area contributed by atoms with Crippen LogP contribution in [-0.2, 0) is 24.2 Å². The number of aryl methyl sites for hydroxylation is 2. The molecule has 1 aliphatic carbocycles. The summed E-state index contributed by atoms with van der Waals surface area (Å²) in [7, 11) is 0. The summed E-state index contributed by atoms with van der Waals surface area (Å²) in [6, 6.07) is 3.70. The number of hydrogen-bond acceptors (Lipinski definition) is 6. The molecule has 2 aliphatic rings. The van der Waals surface area contributed by atoms with E-state index in [0.29, 0.717) is 35.1 Å². The van der Waals surface area contributed by atoms with Gasteiger partial charge in [0.25, 0.3) is 5.56 Å². The van der Waals surface area contributed by atoms with Crippen molar-refractivity contribution in [2.75, 3.05) is 18.8 Å². The summed E-state index contributed by atoms with van der Waals surface area (Å²) in [5, 5.41) is 1.37. The number of amides is 1. The van der Waals surface area contributed by atoms with E-state index in [1.165, 1.54) is 35.0 Å². The fraction of sp³-hybridized carbons (Fsp3) is 0.542. The number of aromatic nitrogens is 2. The quantitative estimate of drug-likeness (QED) is 0.403. The van der Waals surface area contributed by atoms with Crippen LogP contribution in [0.15, 0.2) is 32.8 Å². The van der Waals surface area contributed by atoms with Crippen molar-refractivity contribution < 1.29 is 9.21 Å². The number of thiophene rings is 1. The maximum absolute atomic E-state index is 13.6. The van der Waals surface area contributed by atoms with E-state index in [0.717, 1.165) is 42.6 Å². The average molecular weight is 472 g/mol. The summed E-state index contributed by atoms with van der Waals surface area (Å²) in [4.78, 5) is 35.6. The highest BCUT2D eigenvalue weighted by Crippen LogP contribution is 2.35. The van der Waals surface area contributed by atoms with Crippen molar-refractivity contribution in [1.29, 1.82) is 0 Å². The lowest BCUT2D eigenvalue weighted by atomic mass is 9.92. The number of carbonyl (C=O) groups is 1. The number of likely N-dealkylation sites (tertiary alicyclic amines) is 1. The first-order valence-corrected chi connectivity index (χ1v) is 13.3. The number of carbonyl (C=O) groups excluding carboxylic acids is 1. The zero-order valence-corrected chi connectivity index (χ0v) is 20.3. The summed E-state index contributed by atoms with van der Waals surface area (Å²) in [6.45, 7) is 6.37. The maximum atomic E-state index is 13.6. The van der Waals surface area contributed by atoms with Gasteiger partial charge in [-0.25, -0.2) is 4.98 Å². The van der Waals surface area contributed by atoms with Gasteiger partial charge in [0.1, 0.15) is 10.6 Å². The SMILES string of the molecule is CC1CC(C)CN(C(=O)CSc2nc3sc4c(c3c(=O)n2Cc2ccco2)CCCC4)C1. The summed E-state index contributed by atoms with van der Waals surface area (Å²) < 4.78 is 7.23. The molecule has 1 saturated heterocycles. The minimum Gasteiger partial charge on any atom is -0.467 e. The number of piperidine rings is 1. The van der Waals surface area contributed by atoms with Gasteiger partial charge in [-0.3, -0.25) is 14.2 Å². The molecule has 2 atom stereocenters. The molecule has 8 heteroatoms. The van der Waals surface area contributed by atoms with E-state index in [-0.39, 0.29) is 11.5 Å². The minimum atomic E-state index is -0.0130. The number of hydrogen-bond donors (Lipinski definition) is 0. The van der Waals surface area contributed by atoms with E-state index in [9.17, 15) is 9.59 Å². The third kappa shape index (κ3) is 4.27. The number of rotatable bonds is 5. The van der Waals surface area contributed by atoms with E-state index in [2.05, 4.69) is 13.8 Å². The molecule has 3 aromatic rings. The standard InChI is InChI=1S/C24H29N3O3S2/c1-15-10-16(2)12-26(11-15)20(28)14-31-24-25-22-21(18-7-3-4-8-19(18)32-22)23(29)27(24)13-17-6-5-9-30-17/h5-6,9,15-16H,3-4,7-8,10-14H2,1-2H3. The van der Waals surface area contributed by atoms with Gasteiger partial charge in [0.05, 0.1) is 23.9 Å². The molecular weight excluding hydrogens is 442 g/mol. The van der Waals surface area contributed by atoms with E-state index in [4.69, 9.17) is 9.40 Å². The first-order valence-electron chi connectivity index (χ1n) is 11.5. The lowest BCUT2D eigenvalue weighted by molar-refractivity contribution is -0.130. The van der Waals surface area contributed by atoms with Crippen molar-refractivity contribution in [1.82, 2.24) is 14.5 Å². The normalized spacial score (nSPS) is 21.1. The molecule has 2 unspecified atom stereocenters. The summed E-state index contributed by atoms with van der Waals surface area (Å²) >= 11 is 3.02. The predicted molar refractivity (Wildman–Crippen MR) is 129 cm³/mol. The lowest BCUT2D eigenvalue weighted by Gasteiger charge is -2.35. The molecule has 0 spiro atoms. The monoisotopic (exact) mass is 471 g/mol. The van der Waals surface area contributed by atoms with Crippen LogP contribution < -0.4 is 5.56 Å². The van der Waals surface area contributed by atoms with Gasteiger partial charge < -0.3 is 9.32 Å². The van der Waals surface area contributed by atoms with Crippen molar-refractivity contribution in [3.8, 4) is 0 Å². The van der Waals surface area contributed by atoms with Crippen LogP contribution in [0.5, 0.6) is 0 Å². The molecular formula is C24H29N3O3S2. The van der Waals surface area contributed by atoms with Gasteiger partial charge in [-0.1, -0.05) is 25.6 Å². The second-order valence-electron chi connectivity index (χ2n) is 9.29. The number of thioether (sulfide) groups is 1. The van der Waals surface area contributed by atoms with Gasteiger partial charge in [-0.05, 0) is 61.6 Å². The molecule has 6 nitrogen and oxygen atoms in total. The molecule has 4 heterocycles. The molecule has 0 radical (unpaired) electrons. The molecule has 5 rings (SSSR count). The van der Waals surface area contributed by atoms with Crippen LogP contribution in [0.2, 0.25) is 0 Å². The second-order valence-corrected chi connectivity index (χ2v) is 11.3. The topological polar surface area (TPSA) is 68.3 Å². The number of fused-ring (bicyclic) bond motifs is 3. The Hall–Kier alpha value is -2.06. The Morgan fingerprint density at radius 1 is 1.25 bits per heavy atom. The molecule has 0 bridgehead atoms. The van der Waals surface area contributed by atoms with Crippen molar-refractivity contribution >= 4 is 39.2 Å². The fourth-order valence-corrected chi connectivity index (χ4v) is 7.32. The highest BCUT2D eigenvalue weighted by molar-refractivity contribution is 7.99. The van der Waals surface area contributed by atoms with Crippen LogP contribution >= 0.6 is 23.1 Å². The molecule has 0 aromatic carbocycles. The van der Waals surface area contributed by atoms with Crippen molar-refractivity contribution in [2.45, 2.75) is 57.7 Å². The van der Waals surface area contributed by atoms with Crippen LogP contribution in [0, 0.1) is 11.8 Å². The second kappa shape index (κ2) is 9.06. The highest BCUT2D eigenvalue weighted by atomic mass is 32.2. The molecule has 1 fully saturated rings. The molecule has 32 heavy (non-hydrogen) atoms. The third-order valence-electron chi connectivity index (χ3n) is 6.48. The Balaban J connectivity index is 1.47. The maximum Gasteiger partial charge on any atom is 0.263 e. The predicted octanol–water partition coefficient (Wildman–Crippen LogP) is 4.57. The van der Waals surface area contributed by atoms with Crippen LogP contribution in [0.4, 0.5) is 0 Å². The molecule has 1 amide bonds. The Morgan fingerprint density at radius 3 is 2.78 bits per heavy atom. The Morgan fingerprint density at radius 2 is 2.03 bits per heavy atom. The largest absolute Gasteiger partial charge is 0.467 e. The molecule has 0 N–H and O–H groups in total. The summed E-state index contributed by atoms with van der Waals surface area (Å²) in [5.74, 6) is 2.18. The minimum absolute atomic E-state index is 0.0130. The van der Waals surface area contributed by atoms with E-state index in [1.807, 2.05) is 17.0 Å². The van der Waals surface area contributed by atoms with Gasteiger partial charge in [0, 0.05) is 18.0 Å². The van der Waals surface area contributed by atoms with Gasteiger partial charge in [0.15, 0.2) is 5.16 Å². The van der Waals surface area contributed by atoms with Crippen molar-refractivity contribution in [2.24, 2.45) is 11.8 Å². The van der Waals surface area contributed by atoms with Gasteiger partial charge >= 0.3 is 0 Å². The van der Waals surface area contributed by atoms with E-state index in [1.54, 1.807) is 22.2 Å². The molecule has 1 aliphatic heterocycles. The average Bonchev–Trinajstić information content (AvgIpc) is 3.41.